The molecule has 0 unspecified atom stereocenters. The maximum absolute atomic E-state index is 10.3. The molecule has 3 heteroatoms. The normalized spacial score (nSPS) is 15.9. The molecule has 3 N–H and O–H groups in total. The van der Waals surface area contributed by atoms with Crippen molar-refractivity contribution >= 4 is 5.97 Å². The van der Waals surface area contributed by atoms with Crippen molar-refractivity contribution < 1.29 is 9.90 Å². The molecular formula is C8H17NO2. The second kappa shape index (κ2) is 5.13. The second-order valence-electron chi connectivity index (χ2n) is 2.98. The van der Waals surface area contributed by atoms with Crippen LogP contribution in [0.1, 0.15) is 26.7 Å². The second-order valence-corrected chi connectivity index (χ2v) is 2.98. The summed E-state index contributed by atoms with van der Waals surface area (Å²) in [6, 6.07) is 0. The van der Waals surface area contributed by atoms with Gasteiger partial charge >= 0.3 is 5.97 Å². The van der Waals surface area contributed by atoms with Gasteiger partial charge in [0, 0.05) is 6.42 Å². The number of carboxylic acid groups (broad SMARTS) is 1. The first-order valence-electron chi connectivity index (χ1n) is 4.03. The number of hydrogen-bond acceptors (Lipinski definition) is 2. The van der Waals surface area contributed by atoms with E-state index in [9.17, 15) is 4.79 Å². The molecule has 0 rings (SSSR count). The lowest BCUT2D eigenvalue weighted by Gasteiger charge is -2.18. The number of hydrogen-bond donors (Lipinski definition) is 2. The van der Waals surface area contributed by atoms with Crippen LogP contribution >= 0.6 is 0 Å². The molecule has 0 spiro atoms. The van der Waals surface area contributed by atoms with Crippen LogP contribution in [0, 0.1) is 11.8 Å². The van der Waals surface area contributed by atoms with Crippen LogP contribution in [0.5, 0.6) is 0 Å². The van der Waals surface area contributed by atoms with Crippen molar-refractivity contribution in [3.05, 3.63) is 0 Å². The summed E-state index contributed by atoms with van der Waals surface area (Å²) in [5, 5.41) is 8.52. The van der Waals surface area contributed by atoms with E-state index in [2.05, 4.69) is 0 Å². The van der Waals surface area contributed by atoms with Gasteiger partial charge in [-0.05, 0) is 18.4 Å². The van der Waals surface area contributed by atoms with Crippen molar-refractivity contribution in [1.29, 1.82) is 0 Å². The van der Waals surface area contributed by atoms with Crippen LogP contribution in [0.4, 0.5) is 0 Å². The lowest BCUT2D eigenvalue weighted by molar-refractivity contribution is -0.138. The average Bonchev–Trinajstić information content (AvgIpc) is 1.98. The van der Waals surface area contributed by atoms with Gasteiger partial charge in [0.25, 0.3) is 0 Å². The molecule has 0 aromatic heterocycles. The highest BCUT2D eigenvalue weighted by atomic mass is 16.4. The molecule has 0 aliphatic heterocycles. The number of rotatable bonds is 5. The van der Waals surface area contributed by atoms with Gasteiger partial charge in [0.05, 0.1) is 0 Å². The molecular weight excluding hydrogens is 142 g/mol. The molecule has 0 heterocycles. The van der Waals surface area contributed by atoms with Crippen LogP contribution in [-0.2, 0) is 4.79 Å². The zero-order chi connectivity index (χ0) is 8.85. The third kappa shape index (κ3) is 3.98. The Labute approximate surface area is 67.6 Å². The first-order valence-corrected chi connectivity index (χ1v) is 4.03. The molecule has 0 saturated heterocycles. The van der Waals surface area contributed by atoms with Crippen molar-refractivity contribution in [3.8, 4) is 0 Å². The number of aliphatic carboxylic acids is 1. The van der Waals surface area contributed by atoms with E-state index in [1.807, 2.05) is 13.8 Å². The molecule has 11 heavy (non-hydrogen) atoms. The molecule has 0 aliphatic carbocycles. The first-order chi connectivity index (χ1) is 5.11. The summed E-state index contributed by atoms with van der Waals surface area (Å²) in [6.45, 7) is 4.57. The average molecular weight is 159 g/mol. The van der Waals surface area contributed by atoms with E-state index in [0.29, 0.717) is 12.5 Å². The number of carbonyl (C=O) groups is 1. The summed E-state index contributed by atoms with van der Waals surface area (Å²) >= 11 is 0. The van der Waals surface area contributed by atoms with E-state index in [4.69, 9.17) is 10.8 Å². The van der Waals surface area contributed by atoms with E-state index >= 15 is 0 Å². The lowest BCUT2D eigenvalue weighted by Crippen LogP contribution is -2.22. The SMILES string of the molecule is CC[C@H](CC(=O)O)[C@@H](C)CN. The Morgan fingerprint density at radius 2 is 2.18 bits per heavy atom. The standard InChI is InChI=1S/C8H17NO2/c1-3-7(4-8(10)11)6(2)5-9/h6-7H,3-5,9H2,1-2H3,(H,10,11)/t6-,7+/m0/s1. The predicted octanol–water partition coefficient (Wildman–Crippen LogP) is 1.08. The van der Waals surface area contributed by atoms with E-state index < -0.39 is 5.97 Å². The van der Waals surface area contributed by atoms with Crippen LogP contribution in [0.2, 0.25) is 0 Å². The third-order valence-electron chi connectivity index (χ3n) is 2.14. The van der Waals surface area contributed by atoms with Gasteiger partial charge in [-0.25, -0.2) is 0 Å². The topological polar surface area (TPSA) is 63.3 Å². The monoisotopic (exact) mass is 159 g/mol. The molecule has 0 bridgehead atoms. The Kier molecular flexibility index (Phi) is 4.86. The fraction of sp³-hybridized carbons (Fsp3) is 0.875. The summed E-state index contributed by atoms with van der Waals surface area (Å²) in [7, 11) is 0. The van der Waals surface area contributed by atoms with Crippen LogP contribution in [0.3, 0.4) is 0 Å². The fourth-order valence-corrected chi connectivity index (χ4v) is 1.16. The highest BCUT2D eigenvalue weighted by Gasteiger charge is 2.16. The van der Waals surface area contributed by atoms with E-state index in [0.717, 1.165) is 6.42 Å². The number of nitrogens with two attached hydrogens (primary N) is 1. The highest BCUT2D eigenvalue weighted by Crippen LogP contribution is 2.17. The van der Waals surface area contributed by atoms with Gasteiger partial charge in [-0.1, -0.05) is 20.3 Å². The zero-order valence-corrected chi connectivity index (χ0v) is 7.21. The predicted molar refractivity (Wildman–Crippen MR) is 44.3 cm³/mol. The van der Waals surface area contributed by atoms with Gasteiger partial charge in [0.1, 0.15) is 0 Å². The van der Waals surface area contributed by atoms with Gasteiger partial charge in [-0.2, -0.15) is 0 Å². The van der Waals surface area contributed by atoms with Gasteiger partial charge in [0.15, 0.2) is 0 Å². The summed E-state index contributed by atoms with van der Waals surface area (Å²) in [5.41, 5.74) is 5.43. The quantitative estimate of drug-likeness (QED) is 0.631. The van der Waals surface area contributed by atoms with Crippen LogP contribution in [0.15, 0.2) is 0 Å². The minimum absolute atomic E-state index is 0.234. The van der Waals surface area contributed by atoms with Crippen LogP contribution in [-0.4, -0.2) is 17.6 Å². The Bertz CT molecular complexity index is 125. The molecule has 0 aliphatic rings. The van der Waals surface area contributed by atoms with Gasteiger partial charge in [-0.3, -0.25) is 4.79 Å². The summed E-state index contributed by atoms with van der Waals surface area (Å²) < 4.78 is 0. The maximum Gasteiger partial charge on any atom is 0.303 e. The lowest BCUT2D eigenvalue weighted by atomic mass is 9.89. The Balaban J connectivity index is 3.84. The first kappa shape index (κ1) is 10.4. The van der Waals surface area contributed by atoms with Gasteiger partial charge < -0.3 is 10.8 Å². The Hall–Kier alpha value is -0.570. The van der Waals surface area contributed by atoms with Crippen molar-refractivity contribution in [1.82, 2.24) is 0 Å². The smallest absolute Gasteiger partial charge is 0.303 e. The molecule has 3 nitrogen and oxygen atoms in total. The highest BCUT2D eigenvalue weighted by molar-refractivity contribution is 5.67. The van der Waals surface area contributed by atoms with Gasteiger partial charge in [-0.15, -0.1) is 0 Å². The van der Waals surface area contributed by atoms with E-state index in [1.165, 1.54) is 0 Å². The maximum atomic E-state index is 10.3. The van der Waals surface area contributed by atoms with Crippen molar-refractivity contribution in [2.75, 3.05) is 6.54 Å². The summed E-state index contributed by atoms with van der Waals surface area (Å²) in [4.78, 5) is 10.3. The third-order valence-corrected chi connectivity index (χ3v) is 2.14. The molecule has 0 fully saturated rings. The molecule has 0 aromatic rings. The van der Waals surface area contributed by atoms with E-state index in [-0.39, 0.29) is 12.3 Å². The molecule has 2 atom stereocenters. The van der Waals surface area contributed by atoms with Crippen molar-refractivity contribution in [2.24, 2.45) is 17.6 Å². The fourth-order valence-electron chi connectivity index (χ4n) is 1.16. The molecule has 66 valence electrons. The summed E-state index contributed by atoms with van der Waals surface area (Å²) in [5.74, 6) is -0.175. The zero-order valence-electron chi connectivity index (χ0n) is 7.21. The molecule has 0 saturated carbocycles. The minimum atomic E-state index is -0.725. The largest absolute Gasteiger partial charge is 0.481 e. The van der Waals surface area contributed by atoms with E-state index in [1.54, 1.807) is 0 Å². The summed E-state index contributed by atoms with van der Waals surface area (Å²) in [6.07, 6.45) is 1.14. The molecule has 0 aromatic carbocycles. The molecule has 0 amide bonds. The Morgan fingerprint density at radius 3 is 2.45 bits per heavy atom. The number of carboxylic acids is 1. The van der Waals surface area contributed by atoms with Crippen LogP contribution in [0.25, 0.3) is 0 Å². The van der Waals surface area contributed by atoms with Crippen LogP contribution < -0.4 is 5.73 Å². The molecule has 0 radical (unpaired) electrons. The van der Waals surface area contributed by atoms with Gasteiger partial charge in [0.2, 0.25) is 0 Å². The van der Waals surface area contributed by atoms with Crippen molar-refractivity contribution in [2.45, 2.75) is 26.7 Å². The Morgan fingerprint density at radius 1 is 1.64 bits per heavy atom. The minimum Gasteiger partial charge on any atom is -0.481 e. The van der Waals surface area contributed by atoms with Crippen molar-refractivity contribution in [3.63, 3.8) is 0 Å².